The van der Waals surface area contributed by atoms with Crippen molar-refractivity contribution in [1.82, 2.24) is 0 Å². The van der Waals surface area contributed by atoms with Crippen LogP contribution in [0.2, 0.25) is 0 Å². The van der Waals surface area contributed by atoms with Crippen molar-refractivity contribution in [2.45, 2.75) is 63.7 Å². The minimum Gasteiger partial charge on any atom is -0.206 e. The van der Waals surface area contributed by atoms with Crippen LogP contribution in [0.15, 0.2) is 48.5 Å². The molecule has 0 nitrogen and oxygen atoms in total. The van der Waals surface area contributed by atoms with E-state index in [1.807, 2.05) is 12.1 Å². The average molecular weight is 509 g/mol. The van der Waals surface area contributed by atoms with Crippen molar-refractivity contribution in [2.75, 3.05) is 0 Å². The Labute approximate surface area is 206 Å². The second-order valence-corrected chi connectivity index (χ2v) is 9.70. The fourth-order valence-electron chi connectivity index (χ4n) is 5.28. The monoisotopic (exact) mass is 508 g/mol. The van der Waals surface area contributed by atoms with Gasteiger partial charge >= 0.3 is 0 Å². The molecular formula is C29H27F7. The molecule has 36 heavy (non-hydrogen) atoms. The molecule has 1 fully saturated rings. The molecule has 0 N–H and O–H groups in total. The van der Waals surface area contributed by atoms with Crippen LogP contribution in [0.4, 0.5) is 30.7 Å². The zero-order valence-electron chi connectivity index (χ0n) is 19.9. The first-order valence-electron chi connectivity index (χ1n) is 12.2. The third-order valence-electron chi connectivity index (χ3n) is 7.14. The number of hydrogen-bond acceptors (Lipinski definition) is 0. The van der Waals surface area contributed by atoms with E-state index in [-0.39, 0.29) is 5.56 Å². The summed E-state index contributed by atoms with van der Waals surface area (Å²) >= 11 is 0. The first-order chi connectivity index (χ1) is 17.1. The average Bonchev–Trinajstić information content (AvgIpc) is 2.82. The lowest BCUT2D eigenvalue weighted by Gasteiger charge is -2.28. The van der Waals surface area contributed by atoms with E-state index in [0.29, 0.717) is 23.6 Å². The number of benzene rings is 3. The molecule has 7 heteroatoms. The Balaban J connectivity index is 1.53. The summed E-state index contributed by atoms with van der Waals surface area (Å²) < 4.78 is 99.0. The molecule has 0 saturated heterocycles. The van der Waals surface area contributed by atoms with Crippen molar-refractivity contribution in [3.63, 3.8) is 0 Å². The van der Waals surface area contributed by atoms with Crippen LogP contribution < -0.4 is 0 Å². The smallest absolute Gasteiger partial charge is 0.206 e. The summed E-state index contributed by atoms with van der Waals surface area (Å²) in [5.74, 6) is -11.0. The molecule has 3 aromatic rings. The van der Waals surface area contributed by atoms with Crippen molar-refractivity contribution in [3.8, 4) is 11.1 Å². The Morgan fingerprint density at radius 2 is 1.28 bits per heavy atom. The minimum atomic E-state index is -4.12. The Kier molecular flexibility index (Phi) is 7.76. The number of halogens is 7. The van der Waals surface area contributed by atoms with Gasteiger partial charge in [0.05, 0.1) is 5.56 Å². The number of rotatable bonds is 7. The molecule has 0 aliphatic heterocycles. The van der Waals surface area contributed by atoms with Crippen LogP contribution in [0.1, 0.15) is 68.1 Å². The number of hydrogen-bond donors (Lipinski definition) is 0. The van der Waals surface area contributed by atoms with Crippen LogP contribution in [0.5, 0.6) is 0 Å². The highest BCUT2D eigenvalue weighted by atomic mass is 19.3. The maximum absolute atomic E-state index is 14.8. The zero-order valence-corrected chi connectivity index (χ0v) is 19.9. The molecule has 0 atom stereocenters. The number of alkyl halides is 2. The van der Waals surface area contributed by atoms with Gasteiger partial charge in [0.25, 0.3) is 5.92 Å². The molecule has 0 unspecified atom stereocenters. The molecule has 0 spiro atoms. The van der Waals surface area contributed by atoms with E-state index in [2.05, 4.69) is 6.92 Å². The Morgan fingerprint density at radius 3 is 1.81 bits per heavy atom. The zero-order chi connectivity index (χ0) is 26.0. The van der Waals surface area contributed by atoms with Crippen molar-refractivity contribution < 1.29 is 30.7 Å². The normalized spacial score (nSPS) is 18.4. The highest BCUT2D eigenvalue weighted by Gasteiger charge is 2.38. The molecule has 0 heterocycles. The predicted octanol–water partition coefficient (Wildman–Crippen LogP) is 9.46. The van der Waals surface area contributed by atoms with Gasteiger partial charge in [0, 0.05) is 6.42 Å². The summed E-state index contributed by atoms with van der Waals surface area (Å²) in [7, 11) is 0. The predicted molar refractivity (Wildman–Crippen MR) is 125 cm³/mol. The standard InChI is InChI=1S/C29H27F7/c1-2-3-17-4-6-19(7-5-17)20-8-10-21(11-9-20)22-14-23(30)27(24(31)15-22)29(35,36)16-18-12-25(32)28(34)26(33)13-18/h8-15,17,19H,2-7,16H2,1H3. The van der Waals surface area contributed by atoms with Gasteiger partial charge in [-0.3, -0.25) is 0 Å². The third kappa shape index (κ3) is 5.60. The van der Waals surface area contributed by atoms with Crippen LogP contribution in [0, 0.1) is 35.0 Å². The van der Waals surface area contributed by atoms with E-state index >= 15 is 0 Å². The van der Waals surface area contributed by atoms with Crippen LogP contribution in [0.25, 0.3) is 11.1 Å². The van der Waals surface area contributed by atoms with Gasteiger partial charge in [0.2, 0.25) is 0 Å². The van der Waals surface area contributed by atoms with Crippen molar-refractivity contribution in [1.29, 1.82) is 0 Å². The van der Waals surface area contributed by atoms with Gasteiger partial charge in [-0.1, -0.05) is 44.0 Å². The van der Waals surface area contributed by atoms with Crippen molar-refractivity contribution in [2.24, 2.45) is 5.92 Å². The lowest BCUT2D eigenvalue weighted by atomic mass is 9.77. The molecule has 3 aromatic carbocycles. The molecule has 4 rings (SSSR count). The first-order valence-corrected chi connectivity index (χ1v) is 12.2. The maximum atomic E-state index is 14.8. The Hall–Kier alpha value is -2.83. The second-order valence-electron chi connectivity index (χ2n) is 9.70. The molecule has 0 amide bonds. The fraction of sp³-hybridized carbons (Fsp3) is 0.379. The third-order valence-corrected chi connectivity index (χ3v) is 7.14. The van der Waals surface area contributed by atoms with Crippen molar-refractivity contribution in [3.05, 3.63) is 94.3 Å². The van der Waals surface area contributed by atoms with E-state index in [1.165, 1.54) is 25.7 Å². The van der Waals surface area contributed by atoms with Gasteiger partial charge in [-0.05, 0) is 84.0 Å². The molecule has 1 aliphatic rings. The van der Waals surface area contributed by atoms with Gasteiger partial charge in [-0.2, -0.15) is 0 Å². The lowest BCUT2D eigenvalue weighted by Crippen LogP contribution is -2.21. The highest BCUT2D eigenvalue weighted by Crippen LogP contribution is 2.40. The summed E-state index contributed by atoms with van der Waals surface area (Å²) in [6.07, 6.45) is 5.59. The molecule has 0 aromatic heterocycles. The SMILES string of the molecule is CCCC1CCC(c2ccc(-c3cc(F)c(C(F)(F)Cc4cc(F)c(F)c(F)c4)c(F)c3)cc2)CC1. The van der Waals surface area contributed by atoms with Gasteiger partial charge in [0.15, 0.2) is 17.5 Å². The van der Waals surface area contributed by atoms with Crippen LogP contribution in [-0.4, -0.2) is 0 Å². The van der Waals surface area contributed by atoms with Crippen LogP contribution in [-0.2, 0) is 12.3 Å². The lowest BCUT2D eigenvalue weighted by molar-refractivity contribution is -0.0111. The molecule has 1 aliphatic carbocycles. The van der Waals surface area contributed by atoms with Gasteiger partial charge in [0.1, 0.15) is 11.6 Å². The highest BCUT2D eigenvalue weighted by molar-refractivity contribution is 5.64. The largest absolute Gasteiger partial charge is 0.282 e. The Bertz CT molecular complexity index is 1160. The van der Waals surface area contributed by atoms with E-state index in [1.54, 1.807) is 12.1 Å². The molecular weight excluding hydrogens is 481 g/mol. The van der Waals surface area contributed by atoms with Gasteiger partial charge in [-0.15, -0.1) is 0 Å². The van der Waals surface area contributed by atoms with Gasteiger partial charge < -0.3 is 0 Å². The quantitative estimate of drug-likeness (QED) is 0.220. The first kappa shape index (κ1) is 26.2. The van der Waals surface area contributed by atoms with E-state index in [9.17, 15) is 30.7 Å². The molecule has 0 bridgehead atoms. The summed E-state index contributed by atoms with van der Waals surface area (Å²) in [5, 5.41) is 0. The van der Waals surface area contributed by atoms with Crippen LogP contribution >= 0.6 is 0 Å². The maximum Gasteiger partial charge on any atom is 0.282 e. The minimum absolute atomic E-state index is 0.0987. The Morgan fingerprint density at radius 1 is 0.722 bits per heavy atom. The van der Waals surface area contributed by atoms with Crippen molar-refractivity contribution >= 4 is 0 Å². The van der Waals surface area contributed by atoms with Gasteiger partial charge in [-0.25, -0.2) is 30.7 Å². The topological polar surface area (TPSA) is 0 Å². The van der Waals surface area contributed by atoms with E-state index in [0.717, 1.165) is 36.5 Å². The summed E-state index contributed by atoms with van der Waals surface area (Å²) in [6.45, 7) is 2.19. The second kappa shape index (κ2) is 10.7. The molecule has 192 valence electrons. The van der Waals surface area contributed by atoms with E-state index < -0.39 is 52.6 Å². The summed E-state index contributed by atoms with van der Waals surface area (Å²) in [5.41, 5.74) is -0.401. The van der Waals surface area contributed by atoms with E-state index in [4.69, 9.17) is 0 Å². The summed E-state index contributed by atoms with van der Waals surface area (Å²) in [4.78, 5) is 0. The molecule has 0 radical (unpaired) electrons. The summed E-state index contributed by atoms with van der Waals surface area (Å²) in [6, 6.07) is 9.69. The van der Waals surface area contributed by atoms with Crippen LogP contribution in [0.3, 0.4) is 0 Å². The molecule has 1 saturated carbocycles. The fourth-order valence-corrected chi connectivity index (χ4v) is 5.28.